The van der Waals surface area contributed by atoms with Crippen molar-refractivity contribution in [3.05, 3.63) is 58.8 Å². The number of anilines is 2. The predicted molar refractivity (Wildman–Crippen MR) is 123 cm³/mol. The van der Waals surface area contributed by atoms with Crippen LogP contribution in [0.15, 0.2) is 42.5 Å². The lowest BCUT2D eigenvalue weighted by molar-refractivity contribution is -0.991. The first-order chi connectivity index (χ1) is 15.8. The first-order valence-electron chi connectivity index (χ1n) is 10.7. The van der Waals surface area contributed by atoms with Crippen LogP contribution in [0.2, 0.25) is 0 Å². The molecule has 1 spiro atoms. The summed E-state index contributed by atoms with van der Waals surface area (Å²) in [5.74, 6) is -2.12. The summed E-state index contributed by atoms with van der Waals surface area (Å²) in [6.45, 7) is 1.73. The number of carbonyl (C=O) groups excluding carboxylic acids is 3. The second kappa shape index (κ2) is 7.93. The molecule has 172 valence electrons. The number of hydrogen-bond donors (Lipinski definition) is 4. The molecule has 9 nitrogen and oxygen atoms in total. The zero-order valence-electron chi connectivity index (χ0n) is 18.1. The van der Waals surface area contributed by atoms with Crippen molar-refractivity contribution in [2.24, 2.45) is 11.8 Å². The molecule has 2 aromatic carbocycles. The van der Waals surface area contributed by atoms with Gasteiger partial charge in [0.2, 0.25) is 17.7 Å². The van der Waals surface area contributed by atoms with Gasteiger partial charge in [-0.25, -0.2) is 10.1 Å². The second-order valence-corrected chi connectivity index (χ2v) is 9.65. The van der Waals surface area contributed by atoms with Crippen LogP contribution in [-0.4, -0.2) is 41.0 Å². The van der Waals surface area contributed by atoms with Crippen molar-refractivity contribution in [1.29, 1.82) is 0 Å². The number of thioether (sulfide) groups is 1. The molecule has 2 fully saturated rings. The van der Waals surface area contributed by atoms with Crippen LogP contribution in [-0.2, 0) is 19.9 Å². The van der Waals surface area contributed by atoms with Crippen molar-refractivity contribution in [1.82, 2.24) is 5.32 Å². The molecule has 5 atom stereocenters. The summed E-state index contributed by atoms with van der Waals surface area (Å²) in [6, 6.07) is 11.2. The Morgan fingerprint density at radius 2 is 1.94 bits per heavy atom. The Balaban J connectivity index is 1.65. The van der Waals surface area contributed by atoms with Crippen LogP contribution in [0.1, 0.15) is 17.5 Å². The largest absolute Gasteiger partial charge is 0.595 e. The third-order valence-electron chi connectivity index (χ3n) is 6.95. The summed E-state index contributed by atoms with van der Waals surface area (Å²) in [6.07, 6.45) is 2.58. The molecule has 1 unspecified atom stereocenters. The van der Waals surface area contributed by atoms with E-state index in [2.05, 4.69) is 10.6 Å². The van der Waals surface area contributed by atoms with Gasteiger partial charge in [-0.15, -0.1) is 0 Å². The minimum absolute atomic E-state index is 0.0102. The number of rotatable bonds is 5. The van der Waals surface area contributed by atoms with Gasteiger partial charge >= 0.3 is 0 Å². The van der Waals surface area contributed by atoms with Gasteiger partial charge in [-0.1, -0.05) is 24.3 Å². The van der Waals surface area contributed by atoms with Crippen LogP contribution in [0.3, 0.4) is 0 Å². The monoisotopic (exact) mass is 468 g/mol. The number of hydrogen-bond acceptors (Lipinski definition) is 7. The van der Waals surface area contributed by atoms with Crippen LogP contribution < -0.4 is 20.8 Å². The average molecular weight is 469 g/mol. The number of quaternary nitrogens is 1. The summed E-state index contributed by atoms with van der Waals surface area (Å²) in [5, 5.41) is 26.1. The number of benzene rings is 2. The number of carbonyl (C=O) groups is 3. The predicted octanol–water partition coefficient (Wildman–Crippen LogP) is 1.08. The molecule has 2 aromatic rings. The van der Waals surface area contributed by atoms with Crippen molar-refractivity contribution in [2.45, 2.75) is 24.9 Å². The lowest BCUT2D eigenvalue weighted by Gasteiger charge is -2.30. The van der Waals surface area contributed by atoms with Gasteiger partial charge in [-0.05, 0) is 37.0 Å². The van der Waals surface area contributed by atoms with Crippen LogP contribution in [0, 0.1) is 24.0 Å². The Kier molecular flexibility index (Phi) is 5.30. The van der Waals surface area contributed by atoms with E-state index in [1.165, 1.54) is 12.1 Å². The molecule has 0 saturated carbocycles. The smallest absolute Gasteiger partial charge is 0.250 e. The normalized spacial score (nSPS) is 28.9. The first-order valence-corrected chi connectivity index (χ1v) is 12.1. The highest BCUT2D eigenvalue weighted by Crippen LogP contribution is 2.54. The number of nitrogens with one attached hydrogen (secondary N) is 3. The van der Waals surface area contributed by atoms with Crippen molar-refractivity contribution < 1.29 is 24.8 Å². The Labute approximate surface area is 194 Å². The van der Waals surface area contributed by atoms with Gasteiger partial charge in [0.25, 0.3) is 0 Å². The number of amides is 3. The van der Waals surface area contributed by atoms with E-state index in [9.17, 15) is 24.8 Å². The van der Waals surface area contributed by atoms with E-state index in [1.807, 2.05) is 24.5 Å². The number of para-hydroxylation sites is 1. The zero-order chi connectivity index (χ0) is 23.5. The van der Waals surface area contributed by atoms with E-state index >= 15 is 0 Å². The summed E-state index contributed by atoms with van der Waals surface area (Å²) < 4.78 is 0. The van der Waals surface area contributed by atoms with Crippen molar-refractivity contribution in [2.75, 3.05) is 22.2 Å². The van der Waals surface area contributed by atoms with Crippen molar-refractivity contribution in [3.8, 4) is 0 Å². The maximum absolute atomic E-state index is 13.9. The fourth-order valence-electron chi connectivity index (χ4n) is 5.47. The molecule has 0 aromatic heterocycles. The minimum atomic E-state index is -1.34. The Hall–Kier alpha value is -2.76. The lowest BCUT2D eigenvalue weighted by Crippen LogP contribution is -2.99. The third kappa shape index (κ3) is 3.06. The molecule has 3 amide bonds. The fourth-order valence-corrected chi connectivity index (χ4v) is 5.96. The van der Waals surface area contributed by atoms with Crippen LogP contribution in [0.25, 0.3) is 0 Å². The Bertz CT molecular complexity index is 1170. The van der Waals surface area contributed by atoms with E-state index in [1.54, 1.807) is 30.8 Å². The molecule has 2 saturated heterocycles. The summed E-state index contributed by atoms with van der Waals surface area (Å²) in [5.41, 5.74) is 0.802. The molecule has 0 aliphatic carbocycles. The maximum atomic E-state index is 13.9. The van der Waals surface area contributed by atoms with Crippen LogP contribution in [0.5, 0.6) is 0 Å². The Morgan fingerprint density at radius 1 is 1.18 bits per heavy atom. The molecule has 3 aliphatic heterocycles. The van der Waals surface area contributed by atoms with E-state index in [0.717, 1.165) is 10.7 Å². The molecular weight excluding hydrogens is 444 g/mol. The van der Waals surface area contributed by atoms with E-state index in [4.69, 9.17) is 0 Å². The van der Waals surface area contributed by atoms with Gasteiger partial charge in [0.1, 0.15) is 5.54 Å². The lowest BCUT2D eigenvalue weighted by atomic mass is 9.76. The number of aryl methyl sites for hydroxylation is 1. The standard InChI is InChI=1S/C23H24N4O5S/c1-12-7-8-13(27(31)32)11-17(12)26-20(28)18-16(9-10-33-2)25-23(19(18)21(26)29)14-5-3-4-6-15(14)24-22(23)30/h3-8,11,16,18-19,25,27,31H,9-10H2,1-2H3,(H,24,30)/t16-,18+,19+,23+/m1/s1. The second-order valence-electron chi connectivity index (χ2n) is 8.66. The van der Waals surface area contributed by atoms with Crippen LogP contribution in [0.4, 0.5) is 17.1 Å². The highest BCUT2D eigenvalue weighted by molar-refractivity contribution is 7.98. The number of nitrogens with zero attached hydrogens (tertiary/aromatic N) is 1. The van der Waals surface area contributed by atoms with E-state index < -0.39 is 34.4 Å². The highest BCUT2D eigenvalue weighted by atomic mass is 32.2. The SMILES string of the molecule is CSCC[C@H]1N[C@]2(C(=O)Nc3ccccc32)[C@@H]2C(=O)N(c3cc([NH+]([O-])O)ccc3C)C(=O)[C@H]21. The molecular formula is C23H24N4O5S. The summed E-state index contributed by atoms with van der Waals surface area (Å²) in [4.78, 5) is 42.1. The fraction of sp³-hybridized carbons (Fsp3) is 0.348. The van der Waals surface area contributed by atoms with Gasteiger partial charge in [-0.2, -0.15) is 17.0 Å². The van der Waals surface area contributed by atoms with Crippen molar-refractivity contribution in [3.63, 3.8) is 0 Å². The molecule has 33 heavy (non-hydrogen) atoms. The number of fused-ring (bicyclic) bond motifs is 4. The quantitative estimate of drug-likeness (QED) is 0.382. The van der Waals surface area contributed by atoms with E-state index in [0.29, 0.717) is 23.2 Å². The molecule has 0 radical (unpaired) electrons. The number of imide groups is 1. The van der Waals surface area contributed by atoms with Gasteiger partial charge in [0, 0.05) is 29.4 Å². The molecule has 5 rings (SSSR count). The van der Waals surface area contributed by atoms with Gasteiger partial charge < -0.3 is 10.5 Å². The molecule has 10 heteroatoms. The molecule has 3 aliphatic rings. The molecule has 3 heterocycles. The zero-order valence-corrected chi connectivity index (χ0v) is 18.9. The molecule has 0 bridgehead atoms. The maximum Gasteiger partial charge on any atom is 0.250 e. The van der Waals surface area contributed by atoms with E-state index in [-0.39, 0.29) is 23.3 Å². The first kappa shape index (κ1) is 22.1. The summed E-state index contributed by atoms with van der Waals surface area (Å²) >= 11 is 1.63. The van der Waals surface area contributed by atoms with Crippen molar-refractivity contribution >= 4 is 46.5 Å². The van der Waals surface area contributed by atoms with Gasteiger partial charge in [0.15, 0.2) is 5.69 Å². The average Bonchev–Trinajstić information content (AvgIpc) is 3.37. The summed E-state index contributed by atoms with van der Waals surface area (Å²) in [7, 11) is 0. The molecule has 4 N–H and O–H groups in total. The Morgan fingerprint density at radius 3 is 2.67 bits per heavy atom. The minimum Gasteiger partial charge on any atom is -0.595 e. The topological polar surface area (TPSA) is 126 Å². The van der Waals surface area contributed by atoms with Gasteiger partial charge in [-0.3, -0.25) is 19.7 Å². The van der Waals surface area contributed by atoms with Gasteiger partial charge in [0.05, 0.1) is 17.5 Å². The van der Waals surface area contributed by atoms with Crippen LogP contribution >= 0.6 is 11.8 Å². The highest BCUT2D eigenvalue weighted by Gasteiger charge is 2.70. The third-order valence-corrected chi connectivity index (χ3v) is 7.60.